The molecule has 4 rings (SSSR count). The van der Waals surface area contributed by atoms with Gasteiger partial charge in [0.15, 0.2) is 12.2 Å². The van der Waals surface area contributed by atoms with Gasteiger partial charge in [0.1, 0.15) is 11.3 Å². The number of carbonyl (C=O) groups excluding carboxylic acids is 1. The molecule has 0 aliphatic heterocycles. The lowest BCUT2D eigenvalue weighted by atomic mass is 10.0. The number of aromatic nitrogens is 1. The summed E-state index contributed by atoms with van der Waals surface area (Å²) in [5.41, 5.74) is 2.79. The quantitative estimate of drug-likeness (QED) is 0.0654. The van der Waals surface area contributed by atoms with Gasteiger partial charge in [-0.1, -0.05) is 73.7 Å². The predicted octanol–water partition coefficient (Wildman–Crippen LogP) is 2.28. The Morgan fingerprint density at radius 2 is 1.53 bits per heavy atom. The van der Waals surface area contributed by atoms with Crippen LogP contribution in [0.5, 0.6) is 5.75 Å². The van der Waals surface area contributed by atoms with Crippen LogP contribution in [0, 0.1) is 0 Å². The third-order valence-electron chi connectivity index (χ3n) is 8.36. The summed E-state index contributed by atoms with van der Waals surface area (Å²) in [5, 5.41) is 48.5. The van der Waals surface area contributed by atoms with Gasteiger partial charge in [0.2, 0.25) is 5.91 Å². The Balaban J connectivity index is 0.000000612. The van der Waals surface area contributed by atoms with Crippen molar-refractivity contribution in [1.29, 1.82) is 0 Å². The number of phenols is 1. The number of nitrogens with one attached hydrogen (secondary N) is 2. The van der Waals surface area contributed by atoms with Gasteiger partial charge < -0.3 is 50.4 Å². The Bertz CT molecular complexity index is 1750. The number of H-pyrrole nitrogens is 1. The van der Waals surface area contributed by atoms with Gasteiger partial charge in [0.05, 0.1) is 24.3 Å². The Kier molecular flexibility index (Phi) is 17.0. The molecule has 4 aromatic rings. The number of hydrogen-bond acceptors (Lipinski definition) is 11. The topological polar surface area (TPSA) is 213 Å². The van der Waals surface area contributed by atoms with Gasteiger partial charge in [-0.15, -0.1) is 0 Å². The molecule has 2 atom stereocenters. The molecule has 51 heavy (non-hydrogen) atoms. The highest BCUT2D eigenvalue weighted by Crippen LogP contribution is 2.27. The van der Waals surface area contributed by atoms with Crippen molar-refractivity contribution in [3.63, 3.8) is 0 Å². The van der Waals surface area contributed by atoms with Gasteiger partial charge in [0.25, 0.3) is 0 Å². The summed E-state index contributed by atoms with van der Waals surface area (Å²) in [4.78, 5) is 51.3. The lowest BCUT2D eigenvalue weighted by molar-refractivity contribution is -0.165. The van der Waals surface area contributed by atoms with Crippen LogP contribution >= 0.6 is 11.3 Å². The van der Waals surface area contributed by atoms with E-state index in [0.717, 1.165) is 54.1 Å². The number of thiazole rings is 1. The maximum atomic E-state index is 13.2. The first kappa shape index (κ1) is 41.0. The van der Waals surface area contributed by atoms with E-state index in [-0.39, 0.29) is 16.5 Å². The third-order valence-corrected chi connectivity index (χ3v) is 9.32. The first-order chi connectivity index (χ1) is 24.5. The van der Waals surface area contributed by atoms with Crippen LogP contribution in [0.25, 0.3) is 21.0 Å². The number of aromatic hydroxyl groups is 1. The van der Waals surface area contributed by atoms with Crippen molar-refractivity contribution in [2.24, 2.45) is 0 Å². The van der Waals surface area contributed by atoms with Crippen LogP contribution in [-0.2, 0) is 32.0 Å². The van der Waals surface area contributed by atoms with Crippen LogP contribution < -0.4 is 10.2 Å². The molecule has 0 aliphatic rings. The zero-order valence-electron chi connectivity index (χ0n) is 28.9. The van der Waals surface area contributed by atoms with Crippen LogP contribution in [0.1, 0.15) is 31.4 Å². The highest BCUT2D eigenvalue weighted by Gasteiger charge is 2.29. The standard InChI is InChI=1S/C32H42N4O4S.C4H6O6/c1-3-35(4-2)20-21-36(19-18-33-17-14-26-12-13-28(37)30-31(26)41-32(39)34-30)29(38)16-23-40-22-15-25-10-7-9-24-8-5-6-11-27(24)25;5-1(3(7)8)2(6)4(9)10/h5-13,33,37H,3-4,14-23H2,1-2H3,(H,34,39);1-2,5-6H,(H,7,8)(H,9,10)/t;1-,2-/m.0/s1. The minimum atomic E-state index is -2.27. The normalized spacial score (nSPS) is 12.4. The number of ether oxygens (including phenoxy) is 1. The molecule has 1 heterocycles. The zero-order chi connectivity index (χ0) is 37.3. The van der Waals surface area contributed by atoms with Crippen molar-refractivity contribution in [3.05, 3.63) is 75.4 Å². The number of hydrogen-bond donors (Lipinski definition) is 7. The van der Waals surface area contributed by atoms with Gasteiger partial charge in [-0.05, 0) is 60.4 Å². The zero-order valence-corrected chi connectivity index (χ0v) is 29.7. The van der Waals surface area contributed by atoms with Crippen molar-refractivity contribution in [2.45, 2.75) is 45.3 Å². The summed E-state index contributed by atoms with van der Waals surface area (Å²) in [6.07, 6.45) is -2.62. The fourth-order valence-corrected chi connectivity index (χ4v) is 6.27. The first-order valence-electron chi connectivity index (χ1n) is 16.9. The molecule has 0 saturated heterocycles. The fourth-order valence-electron chi connectivity index (χ4n) is 5.38. The number of rotatable bonds is 20. The number of likely N-dealkylation sites (N-methyl/N-ethyl adjacent to an activating group) is 1. The SMILES string of the molecule is CCN(CC)CCN(CCNCCc1ccc(O)c2[nH]c(=O)sc12)C(=O)CCOCCc1cccc2ccccc12.O=C(O)[C@@H](O)[C@H](O)C(=O)O. The van der Waals surface area contributed by atoms with Gasteiger partial charge in [-0.2, -0.15) is 0 Å². The Hall–Kier alpha value is -4.38. The monoisotopic (exact) mass is 728 g/mol. The Morgan fingerprint density at radius 3 is 2.22 bits per heavy atom. The van der Waals surface area contributed by atoms with E-state index in [1.807, 2.05) is 11.0 Å². The second-order valence-corrected chi connectivity index (χ2v) is 12.7. The van der Waals surface area contributed by atoms with Crippen molar-refractivity contribution in [3.8, 4) is 5.75 Å². The van der Waals surface area contributed by atoms with Crippen molar-refractivity contribution >= 4 is 50.2 Å². The maximum Gasteiger partial charge on any atom is 0.335 e. The molecule has 0 saturated carbocycles. The van der Waals surface area contributed by atoms with E-state index in [1.54, 1.807) is 6.07 Å². The minimum absolute atomic E-state index is 0.0926. The summed E-state index contributed by atoms with van der Waals surface area (Å²) >= 11 is 1.12. The van der Waals surface area contributed by atoms with Gasteiger partial charge >= 0.3 is 16.8 Å². The van der Waals surface area contributed by atoms with Crippen LogP contribution in [-0.4, -0.2) is 129 Å². The number of aliphatic carboxylic acids is 2. The number of carboxylic acids is 2. The van der Waals surface area contributed by atoms with Gasteiger partial charge in [0, 0.05) is 26.2 Å². The van der Waals surface area contributed by atoms with E-state index in [4.69, 9.17) is 25.2 Å². The van der Waals surface area contributed by atoms with Crippen molar-refractivity contribution < 1.29 is 44.7 Å². The number of phenolic OH excluding ortho intramolecular Hbond substituents is 1. The van der Waals surface area contributed by atoms with E-state index in [9.17, 15) is 24.3 Å². The second kappa shape index (κ2) is 21.1. The van der Waals surface area contributed by atoms with E-state index in [1.165, 1.54) is 16.3 Å². The van der Waals surface area contributed by atoms with Crippen LogP contribution in [0.4, 0.5) is 0 Å². The fraction of sp³-hybridized carbons (Fsp3) is 0.444. The molecule has 0 bridgehead atoms. The van der Waals surface area contributed by atoms with Gasteiger partial charge in [-0.25, -0.2) is 9.59 Å². The van der Waals surface area contributed by atoms with Crippen LogP contribution in [0.15, 0.2) is 59.4 Å². The van der Waals surface area contributed by atoms with Crippen LogP contribution in [0.3, 0.4) is 0 Å². The average molecular weight is 729 g/mol. The molecule has 0 radical (unpaired) electrons. The number of aliphatic hydroxyl groups excluding tert-OH is 2. The highest BCUT2D eigenvalue weighted by molar-refractivity contribution is 7.16. The van der Waals surface area contributed by atoms with Crippen molar-refractivity contribution in [1.82, 2.24) is 20.1 Å². The van der Waals surface area contributed by atoms with Crippen molar-refractivity contribution in [2.75, 3.05) is 59.0 Å². The maximum absolute atomic E-state index is 13.2. The van der Waals surface area contributed by atoms with Gasteiger partial charge in [-0.3, -0.25) is 9.59 Å². The number of fused-ring (bicyclic) bond motifs is 2. The molecule has 0 unspecified atom stereocenters. The van der Waals surface area contributed by atoms with E-state index in [0.29, 0.717) is 51.3 Å². The number of nitrogens with zero attached hydrogens (tertiary/aromatic N) is 2. The number of carbonyl (C=O) groups is 3. The molecule has 14 nitrogen and oxygen atoms in total. The third kappa shape index (κ3) is 12.7. The van der Waals surface area contributed by atoms with E-state index < -0.39 is 24.1 Å². The molecule has 278 valence electrons. The number of carboxylic acid groups (broad SMARTS) is 2. The molecule has 0 spiro atoms. The smallest absolute Gasteiger partial charge is 0.335 e. The molecule has 1 amide bonds. The molecular formula is C36H48N4O10S. The molecule has 0 fully saturated rings. The lowest BCUT2D eigenvalue weighted by Gasteiger charge is -2.27. The lowest BCUT2D eigenvalue weighted by Crippen LogP contribution is -2.42. The molecule has 3 aromatic carbocycles. The molecule has 0 aliphatic carbocycles. The molecule has 1 aromatic heterocycles. The summed E-state index contributed by atoms with van der Waals surface area (Å²) in [5.74, 6) is -3.33. The summed E-state index contributed by atoms with van der Waals surface area (Å²) in [6, 6.07) is 18.2. The largest absolute Gasteiger partial charge is 0.506 e. The average Bonchev–Trinajstić information content (AvgIpc) is 3.53. The number of amides is 1. The summed E-state index contributed by atoms with van der Waals surface area (Å²) < 4.78 is 6.70. The van der Waals surface area contributed by atoms with E-state index >= 15 is 0 Å². The number of aromatic amines is 1. The number of aliphatic hydroxyl groups is 2. The first-order valence-corrected chi connectivity index (χ1v) is 17.7. The Labute approximate surface area is 299 Å². The Morgan fingerprint density at radius 1 is 0.843 bits per heavy atom. The molecule has 7 N–H and O–H groups in total. The van der Waals surface area contributed by atoms with E-state index in [2.05, 4.69) is 71.5 Å². The second-order valence-electron chi connectivity index (χ2n) is 11.7. The molecular weight excluding hydrogens is 680 g/mol. The highest BCUT2D eigenvalue weighted by atomic mass is 32.1. The summed E-state index contributed by atoms with van der Waals surface area (Å²) in [7, 11) is 0. The summed E-state index contributed by atoms with van der Waals surface area (Å²) in [6.45, 7) is 10.7. The van der Waals surface area contributed by atoms with Crippen LogP contribution in [0.2, 0.25) is 0 Å². The minimum Gasteiger partial charge on any atom is -0.506 e. The predicted molar refractivity (Wildman–Crippen MR) is 195 cm³/mol. The molecule has 15 heteroatoms. The number of benzene rings is 3.